The van der Waals surface area contributed by atoms with E-state index in [0.29, 0.717) is 11.2 Å². The lowest BCUT2D eigenvalue weighted by molar-refractivity contribution is 0.572. The molecule has 0 spiro atoms. The minimum absolute atomic E-state index is 0.489. The molecular weight excluding hydrogens is 214 g/mol. The topological polar surface area (TPSA) is 75.9 Å². The number of nitrogens with zero attached hydrogens (tertiary/aromatic N) is 2. The van der Waals surface area contributed by atoms with Gasteiger partial charge in [0.15, 0.2) is 0 Å². The molecule has 1 aliphatic rings. The van der Waals surface area contributed by atoms with Crippen molar-refractivity contribution in [3.8, 4) is 0 Å². The van der Waals surface area contributed by atoms with E-state index in [4.69, 9.17) is 5.84 Å². The third-order valence-electron chi connectivity index (χ3n) is 3.48. The number of nitrogens with two attached hydrogens (primary N) is 1. The van der Waals surface area contributed by atoms with E-state index in [2.05, 4.69) is 34.6 Å². The smallest absolute Gasteiger partial charge is 0.145 e. The average Bonchev–Trinajstić information content (AvgIpc) is 2.94. The molecule has 4 N–H and O–H groups in total. The van der Waals surface area contributed by atoms with Gasteiger partial charge in [0, 0.05) is 19.0 Å². The van der Waals surface area contributed by atoms with Gasteiger partial charge < -0.3 is 10.7 Å². The van der Waals surface area contributed by atoms with Crippen molar-refractivity contribution in [3.63, 3.8) is 0 Å². The maximum absolute atomic E-state index is 5.39. The van der Waals surface area contributed by atoms with Crippen molar-refractivity contribution in [2.24, 2.45) is 17.2 Å². The fourth-order valence-corrected chi connectivity index (χ4v) is 1.97. The minimum Gasteiger partial charge on any atom is -0.370 e. The summed E-state index contributed by atoms with van der Waals surface area (Å²) in [5.74, 6) is 8.45. The van der Waals surface area contributed by atoms with E-state index >= 15 is 0 Å². The summed E-state index contributed by atoms with van der Waals surface area (Å²) in [5.41, 5.74) is 3.06. The maximum atomic E-state index is 5.39. The number of aryl methyl sites for hydroxylation is 1. The summed E-state index contributed by atoms with van der Waals surface area (Å²) >= 11 is 0. The Hall–Kier alpha value is -1.36. The van der Waals surface area contributed by atoms with Gasteiger partial charge in [-0.3, -0.25) is 0 Å². The Kier molecular flexibility index (Phi) is 3.19. The second-order valence-corrected chi connectivity index (χ2v) is 5.32. The Morgan fingerprint density at radius 1 is 1.41 bits per heavy atom. The summed E-state index contributed by atoms with van der Waals surface area (Å²) in [6, 6.07) is 1.84. The summed E-state index contributed by atoms with van der Waals surface area (Å²) in [4.78, 5) is 8.68. The van der Waals surface area contributed by atoms with Crippen molar-refractivity contribution in [3.05, 3.63) is 11.9 Å². The highest BCUT2D eigenvalue weighted by atomic mass is 15.3. The lowest BCUT2D eigenvalue weighted by Crippen LogP contribution is -2.13. The van der Waals surface area contributed by atoms with Crippen LogP contribution in [-0.4, -0.2) is 16.5 Å². The number of hydrazine groups is 1. The van der Waals surface area contributed by atoms with Crippen LogP contribution in [0.3, 0.4) is 0 Å². The minimum atomic E-state index is 0.489. The molecule has 5 heteroatoms. The third kappa shape index (κ3) is 2.85. The zero-order valence-electron chi connectivity index (χ0n) is 10.7. The summed E-state index contributed by atoms with van der Waals surface area (Å²) in [7, 11) is 0. The summed E-state index contributed by atoms with van der Waals surface area (Å²) in [5, 5.41) is 3.36. The predicted molar refractivity (Wildman–Crippen MR) is 69.6 cm³/mol. The molecule has 1 aromatic heterocycles. The second-order valence-electron chi connectivity index (χ2n) is 5.32. The van der Waals surface area contributed by atoms with Crippen LogP contribution >= 0.6 is 0 Å². The molecule has 0 radical (unpaired) electrons. The quantitative estimate of drug-likeness (QED) is 0.536. The van der Waals surface area contributed by atoms with Gasteiger partial charge in [-0.25, -0.2) is 15.8 Å². The van der Waals surface area contributed by atoms with Crippen molar-refractivity contribution in [1.82, 2.24) is 9.97 Å². The molecule has 1 heterocycles. The molecule has 1 fully saturated rings. The molecule has 94 valence electrons. The SMILES string of the molecule is CCc1nc(NN)cc(NCC2CC2(C)C)n1. The van der Waals surface area contributed by atoms with Gasteiger partial charge in [-0.05, 0) is 17.8 Å². The normalized spacial score (nSPS) is 21.1. The first kappa shape index (κ1) is 12.1. The fourth-order valence-electron chi connectivity index (χ4n) is 1.97. The Morgan fingerprint density at radius 3 is 2.59 bits per heavy atom. The van der Waals surface area contributed by atoms with Gasteiger partial charge in [-0.1, -0.05) is 20.8 Å². The van der Waals surface area contributed by atoms with Gasteiger partial charge in [0.05, 0.1) is 0 Å². The highest BCUT2D eigenvalue weighted by molar-refractivity contribution is 5.47. The lowest BCUT2D eigenvalue weighted by Gasteiger charge is -2.09. The second kappa shape index (κ2) is 4.49. The van der Waals surface area contributed by atoms with Crippen molar-refractivity contribution in [1.29, 1.82) is 0 Å². The number of nitrogens with one attached hydrogen (secondary N) is 2. The molecule has 1 aliphatic carbocycles. The molecule has 0 aliphatic heterocycles. The van der Waals surface area contributed by atoms with Gasteiger partial charge in [-0.15, -0.1) is 0 Å². The van der Waals surface area contributed by atoms with Crippen LogP contribution in [-0.2, 0) is 6.42 Å². The Labute approximate surface area is 102 Å². The summed E-state index contributed by atoms with van der Waals surface area (Å²) in [6.07, 6.45) is 2.09. The van der Waals surface area contributed by atoms with Gasteiger partial charge >= 0.3 is 0 Å². The molecule has 2 rings (SSSR count). The molecule has 1 atom stereocenters. The van der Waals surface area contributed by atoms with Gasteiger partial charge in [-0.2, -0.15) is 0 Å². The van der Waals surface area contributed by atoms with Crippen LogP contribution in [0.1, 0.15) is 33.0 Å². The third-order valence-corrected chi connectivity index (χ3v) is 3.48. The molecule has 0 amide bonds. The molecule has 0 aromatic carbocycles. The van der Waals surface area contributed by atoms with Gasteiger partial charge in [0.2, 0.25) is 0 Å². The molecule has 5 nitrogen and oxygen atoms in total. The molecule has 1 aromatic rings. The van der Waals surface area contributed by atoms with Crippen LogP contribution in [0.5, 0.6) is 0 Å². The average molecular weight is 235 g/mol. The van der Waals surface area contributed by atoms with Crippen molar-refractivity contribution in [2.45, 2.75) is 33.6 Å². The Balaban J connectivity index is 2.00. The number of anilines is 2. The molecular formula is C12H21N5. The monoisotopic (exact) mass is 235 g/mol. The lowest BCUT2D eigenvalue weighted by atomic mass is 10.1. The molecule has 1 saturated carbocycles. The van der Waals surface area contributed by atoms with E-state index in [1.165, 1.54) is 6.42 Å². The number of hydrogen-bond acceptors (Lipinski definition) is 5. The van der Waals surface area contributed by atoms with Crippen LogP contribution < -0.4 is 16.6 Å². The van der Waals surface area contributed by atoms with Crippen LogP contribution in [0.4, 0.5) is 11.6 Å². The van der Waals surface area contributed by atoms with E-state index in [-0.39, 0.29) is 0 Å². The van der Waals surface area contributed by atoms with Crippen molar-refractivity contribution in [2.75, 3.05) is 17.3 Å². The van der Waals surface area contributed by atoms with Crippen molar-refractivity contribution < 1.29 is 0 Å². The van der Waals surface area contributed by atoms with Crippen molar-refractivity contribution >= 4 is 11.6 Å². The van der Waals surface area contributed by atoms with E-state index in [0.717, 1.165) is 30.5 Å². The zero-order chi connectivity index (χ0) is 12.5. The van der Waals surface area contributed by atoms with E-state index in [1.807, 2.05) is 13.0 Å². The highest BCUT2D eigenvalue weighted by Crippen LogP contribution is 2.51. The number of aromatic nitrogens is 2. The number of hydrogen-bond donors (Lipinski definition) is 3. The van der Waals surface area contributed by atoms with Crippen LogP contribution in [0.15, 0.2) is 6.07 Å². The first-order valence-corrected chi connectivity index (χ1v) is 6.13. The van der Waals surface area contributed by atoms with Crippen LogP contribution in [0.25, 0.3) is 0 Å². The van der Waals surface area contributed by atoms with E-state index in [9.17, 15) is 0 Å². The number of nitrogen functional groups attached to an aromatic ring is 1. The van der Waals surface area contributed by atoms with Crippen LogP contribution in [0, 0.1) is 11.3 Å². The summed E-state index contributed by atoms with van der Waals surface area (Å²) < 4.78 is 0. The molecule has 1 unspecified atom stereocenters. The first-order valence-electron chi connectivity index (χ1n) is 6.13. The summed E-state index contributed by atoms with van der Waals surface area (Å²) in [6.45, 7) is 7.59. The standard InChI is InChI=1S/C12H21N5/c1-4-9-15-10(5-11(16-9)17-13)14-7-8-6-12(8,2)3/h5,8H,4,6-7,13H2,1-3H3,(H2,14,15,16,17). The van der Waals surface area contributed by atoms with E-state index < -0.39 is 0 Å². The fraction of sp³-hybridized carbons (Fsp3) is 0.667. The molecule has 0 saturated heterocycles. The van der Waals surface area contributed by atoms with Crippen LogP contribution in [0.2, 0.25) is 0 Å². The molecule has 0 bridgehead atoms. The Morgan fingerprint density at radius 2 is 2.06 bits per heavy atom. The zero-order valence-corrected chi connectivity index (χ0v) is 10.7. The highest BCUT2D eigenvalue weighted by Gasteiger charge is 2.44. The number of rotatable bonds is 5. The first-order chi connectivity index (χ1) is 8.05. The van der Waals surface area contributed by atoms with Gasteiger partial charge in [0.25, 0.3) is 0 Å². The predicted octanol–water partition coefficient (Wildman–Crippen LogP) is 1.78. The van der Waals surface area contributed by atoms with Gasteiger partial charge in [0.1, 0.15) is 17.5 Å². The van der Waals surface area contributed by atoms with E-state index in [1.54, 1.807) is 0 Å². The maximum Gasteiger partial charge on any atom is 0.145 e. The largest absolute Gasteiger partial charge is 0.370 e. The molecule has 17 heavy (non-hydrogen) atoms. The Bertz CT molecular complexity index is 380.